The van der Waals surface area contributed by atoms with Crippen molar-refractivity contribution in [3.8, 4) is 17.2 Å². The number of hydrogen-bond acceptors (Lipinski definition) is 2. The second kappa shape index (κ2) is 4.86. The molecule has 0 aromatic heterocycles. The van der Waals surface area contributed by atoms with E-state index in [1.807, 2.05) is 19.1 Å². The van der Waals surface area contributed by atoms with Crippen molar-refractivity contribution in [2.45, 2.75) is 6.92 Å². The molecule has 2 nitrogen and oxygen atoms in total. The van der Waals surface area contributed by atoms with E-state index in [9.17, 15) is 5.11 Å². The summed E-state index contributed by atoms with van der Waals surface area (Å²) in [5.74, 6) is 0.734. The van der Waals surface area contributed by atoms with Crippen molar-refractivity contribution >= 4 is 23.2 Å². The number of ether oxygens (including phenoxy) is 1. The minimum atomic E-state index is -0.0805. The van der Waals surface area contributed by atoms with Crippen molar-refractivity contribution < 1.29 is 9.84 Å². The molecule has 0 aliphatic heterocycles. The van der Waals surface area contributed by atoms with Crippen LogP contribution in [0.1, 0.15) is 5.56 Å². The van der Waals surface area contributed by atoms with Gasteiger partial charge in [-0.05, 0) is 25.1 Å². The quantitative estimate of drug-likeness (QED) is 0.848. The average Bonchev–Trinajstić information content (AvgIpc) is 2.26. The molecule has 0 aliphatic carbocycles. The third kappa shape index (κ3) is 2.84. The van der Waals surface area contributed by atoms with Gasteiger partial charge in [0.05, 0.1) is 5.02 Å². The van der Waals surface area contributed by atoms with Crippen LogP contribution in [-0.2, 0) is 0 Å². The van der Waals surface area contributed by atoms with E-state index >= 15 is 0 Å². The van der Waals surface area contributed by atoms with Crippen molar-refractivity contribution in [2.75, 3.05) is 0 Å². The van der Waals surface area contributed by atoms with Crippen molar-refractivity contribution in [3.63, 3.8) is 0 Å². The van der Waals surface area contributed by atoms with Crippen LogP contribution in [0.15, 0.2) is 36.4 Å². The molecule has 0 saturated heterocycles. The monoisotopic (exact) mass is 268 g/mol. The number of rotatable bonds is 2. The summed E-state index contributed by atoms with van der Waals surface area (Å²) < 4.78 is 5.51. The van der Waals surface area contributed by atoms with Crippen molar-refractivity contribution in [1.82, 2.24) is 0 Å². The summed E-state index contributed by atoms with van der Waals surface area (Å²) in [6.07, 6.45) is 0. The lowest BCUT2D eigenvalue weighted by Gasteiger charge is -2.10. The van der Waals surface area contributed by atoms with Crippen LogP contribution in [-0.4, -0.2) is 5.11 Å². The molecular formula is C13H10Cl2O2. The third-order valence-corrected chi connectivity index (χ3v) is 2.73. The van der Waals surface area contributed by atoms with Gasteiger partial charge in [-0.3, -0.25) is 0 Å². The lowest BCUT2D eigenvalue weighted by Crippen LogP contribution is -1.86. The minimum absolute atomic E-state index is 0.0805. The number of phenolic OH excluding ortho intramolecular Hbond substituents is 1. The van der Waals surface area contributed by atoms with Gasteiger partial charge in [-0.2, -0.15) is 0 Å². The van der Waals surface area contributed by atoms with Crippen LogP contribution in [0.3, 0.4) is 0 Å². The summed E-state index contributed by atoms with van der Waals surface area (Å²) in [6, 6.07) is 10.3. The number of benzene rings is 2. The van der Waals surface area contributed by atoms with Gasteiger partial charge in [-0.25, -0.2) is 0 Å². The second-order valence-electron chi connectivity index (χ2n) is 3.65. The molecule has 0 unspecified atom stereocenters. The molecule has 0 aliphatic rings. The largest absolute Gasteiger partial charge is 0.504 e. The van der Waals surface area contributed by atoms with Crippen molar-refractivity contribution in [3.05, 3.63) is 52.0 Å². The van der Waals surface area contributed by atoms with E-state index in [4.69, 9.17) is 27.9 Å². The first-order chi connectivity index (χ1) is 8.06. The van der Waals surface area contributed by atoms with Gasteiger partial charge in [0.2, 0.25) is 0 Å². The van der Waals surface area contributed by atoms with E-state index in [0.29, 0.717) is 10.8 Å². The van der Waals surface area contributed by atoms with Crippen LogP contribution >= 0.6 is 23.2 Å². The maximum absolute atomic E-state index is 9.69. The molecule has 2 aromatic carbocycles. The van der Waals surface area contributed by atoms with Gasteiger partial charge in [0, 0.05) is 11.1 Å². The van der Waals surface area contributed by atoms with Gasteiger partial charge in [0.25, 0.3) is 0 Å². The fraction of sp³-hybridized carbons (Fsp3) is 0.0769. The van der Waals surface area contributed by atoms with Gasteiger partial charge in [-0.15, -0.1) is 0 Å². The van der Waals surface area contributed by atoms with Gasteiger partial charge in [0.15, 0.2) is 11.5 Å². The zero-order valence-corrected chi connectivity index (χ0v) is 10.6. The first-order valence-electron chi connectivity index (χ1n) is 4.99. The summed E-state index contributed by atoms with van der Waals surface area (Å²) in [7, 11) is 0. The van der Waals surface area contributed by atoms with Gasteiger partial charge >= 0.3 is 0 Å². The molecule has 0 heterocycles. The maximum Gasteiger partial charge on any atom is 0.187 e. The minimum Gasteiger partial charge on any atom is -0.504 e. The highest BCUT2D eigenvalue weighted by molar-refractivity contribution is 6.35. The Morgan fingerprint density at radius 2 is 1.71 bits per heavy atom. The highest BCUT2D eigenvalue weighted by Crippen LogP contribution is 2.39. The average molecular weight is 269 g/mol. The Morgan fingerprint density at radius 1 is 1.06 bits per heavy atom. The lowest BCUT2D eigenvalue weighted by molar-refractivity contribution is 0.411. The molecule has 0 radical (unpaired) electrons. The fourth-order valence-electron chi connectivity index (χ4n) is 1.37. The number of halogens is 2. The standard InChI is InChI=1S/C13H10Cl2O2/c1-8-2-4-10(5-3-8)17-13-11(15)6-9(14)7-12(13)16/h2-7,16H,1H3. The Bertz CT molecular complexity index is 513. The Balaban J connectivity index is 2.33. The van der Waals surface area contributed by atoms with E-state index in [-0.39, 0.29) is 16.5 Å². The predicted molar refractivity (Wildman–Crippen MR) is 69.4 cm³/mol. The Kier molecular flexibility index (Phi) is 3.46. The SMILES string of the molecule is Cc1ccc(Oc2c(O)cc(Cl)cc2Cl)cc1. The smallest absolute Gasteiger partial charge is 0.187 e. The fourth-order valence-corrected chi connectivity index (χ4v) is 1.89. The van der Waals surface area contributed by atoms with E-state index in [1.54, 1.807) is 12.1 Å². The molecule has 17 heavy (non-hydrogen) atoms. The zero-order chi connectivity index (χ0) is 12.4. The van der Waals surface area contributed by atoms with Gasteiger partial charge in [-0.1, -0.05) is 40.9 Å². The second-order valence-corrected chi connectivity index (χ2v) is 4.49. The molecule has 0 bridgehead atoms. The molecule has 1 N–H and O–H groups in total. The third-order valence-electron chi connectivity index (χ3n) is 2.23. The van der Waals surface area contributed by atoms with Crippen molar-refractivity contribution in [1.29, 1.82) is 0 Å². The Labute approximate surface area is 109 Å². The highest BCUT2D eigenvalue weighted by atomic mass is 35.5. The normalized spacial score (nSPS) is 10.3. The number of phenols is 1. The Hall–Kier alpha value is -1.38. The molecule has 88 valence electrons. The van der Waals surface area contributed by atoms with Crippen LogP contribution in [0.2, 0.25) is 10.0 Å². The first kappa shape index (κ1) is 12.1. The lowest BCUT2D eigenvalue weighted by atomic mass is 10.2. The summed E-state index contributed by atoms with van der Waals surface area (Å²) in [6.45, 7) is 1.98. The maximum atomic E-state index is 9.69. The van der Waals surface area contributed by atoms with E-state index in [2.05, 4.69) is 0 Å². The summed E-state index contributed by atoms with van der Waals surface area (Å²) >= 11 is 11.7. The van der Waals surface area contributed by atoms with E-state index in [0.717, 1.165) is 5.56 Å². The van der Waals surface area contributed by atoms with Crippen LogP contribution in [0.4, 0.5) is 0 Å². The summed E-state index contributed by atoms with van der Waals surface area (Å²) in [5, 5.41) is 10.3. The molecular weight excluding hydrogens is 259 g/mol. The summed E-state index contributed by atoms with van der Waals surface area (Å²) in [5.41, 5.74) is 1.13. The van der Waals surface area contributed by atoms with Gasteiger partial charge < -0.3 is 9.84 Å². The van der Waals surface area contributed by atoms with Crippen molar-refractivity contribution in [2.24, 2.45) is 0 Å². The molecule has 2 rings (SSSR count). The van der Waals surface area contributed by atoms with Crippen LogP contribution in [0, 0.1) is 6.92 Å². The first-order valence-corrected chi connectivity index (χ1v) is 5.74. The van der Waals surface area contributed by atoms with Crippen LogP contribution in [0.5, 0.6) is 17.2 Å². The molecule has 4 heteroatoms. The molecule has 0 fully saturated rings. The van der Waals surface area contributed by atoms with Crippen LogP contribution < -0.4 is 4.74 Å². The Morgan fingerprint density at radius 3 is 2.29 bits per heavy atom. The topological polar surface area (TPSA) is 29.5 Å². The van der Waals surface area contributed by atoms with E-state index < -0.39 is 0 Å². The molecule has 0 amide bonds. The number of aryl methyl sites for hydroxylation is 1. The van der Waals surface area contributed by atoms with Crippen LogP contribution in [0.25, 0.3) is 0 Å². The molecule has 0 spiro atoms. The highest BCUT2D eigenvalue weighted by Gasteiger charge is 2.10. The molecule has 0 atom stereocenters. The molecule has 2 aromatic rings. The van der Waals surface area contributed by atoms with Gasteiger partial charge in [0.1, 0.15) is 5.75 Å². The zero-order valence-electron chi connectivity index (χ0n) is 9.08. The molecule has 0 saturated carbocycles. The van der Waals surface area contributed by atoms with E-state index in [1.165, 1.54) is 12.1 Å². The summed E-state index contributed by atoms with van der Waals surface area (Å²) in [4.78, 5) is 0. The number of aromatic hydroxyl groups is 1. The predicted octanol–water partition coefficient (Wildman–Crippen LogP) is 4.80. The number of hydrogen-bond donors (Lipinski definition) is 1.